The fourth-order valence-corrected chi connectivity index (χ4v) is 4.10. The number of carboxylic acid groups (broad SMARTS) is 1. The highest BCUT2D eigenvalue weighted by atomic mass is 16.5. The molecule has 2 heterocycles. The van der Waals surface area contributed by atoms with E-state index in [0.29, 0.717) is 5.75 Å². The smallest absolute Gasteiger partial charge is 0.332 e. The lowest BCUT2D eigenvalue weighted by Crippen LogP contribution is -2.38. The molecule has 4 aromatic rings. The number of carboxylic acids is 1. The summed E-state index contributed by atoms with van der Waals surface area (Å²) in [5.41, 5.74) is 0.745. The lowest BCUT2D eigenvalue weighted by Gasteiger charge is -2.19. The first-order valence-corrected chi connectivity index (χ1v) is 11.7. The predicted octanol–water partition coefficient (Wildman–Crippen LogP) is 1.29. The standard InChI is InChI=1S/C26H29N5O6/c1-16-8-7-11-19(12-16)37-15-18(32)14-31-21-22(29(2)26(36)30(3)23(21)33)28-25(31)27-20(24(34)35)13-17-9-5-4-6-10-17/h4-12,18,20,32H,13-15H2,1-3H3,(H,27,28)(H,34,35)/t18-,20-/m0/s1. The molecule has 0 unspecified atom stereocenters. The summed E-state index contributed by atoms with van der Waals surface area (Å²) >= 11 is 0. The fourth-order valence-electron chi connectivity index (χ4n) is 4.10. The van der Waals surface area contributed by atoms with Gasteiger partial charge in [-0.15, -0.1) is 0 Å². The zero-order valence-corrected chi connectivity index (χ0v) is 20.8. The third-order valence-corrected chi connectivity index (χ3v) is 6.06. The van der Waals surface area contributed by atoms with Crippen molar-refractivity contribution in [2.75, 3.05) is 11.9 Å². The van der Waals surface area contributed by atoms with Gasteiger partial charge in [0.2, 0.25) is 5.95 Å². The summed E-state index contributed by atoms with van der Waals surface area (Å²) < 4.78 is 9.27. The molecule has 37 heavy (non-hydrogen) atoms. The van der Waals surface area contributed by atoms with Gasteiger partial charge in [-0.05, 0) is 30.2 Å². The number of hydrogen-bond acceptors (Lipinski definition) is 7. The van der Waals surface area contributed by atoms with Gasteiger partial charge < -0.3 is 24.8 Å². The van der Waals surface area contributed by atoms with Gasteiger partial charge in [-0.1, -0.05) is 42.5 Å². The Hall–Kier alpha value is -4.38. The number of ether oxygens (including phenoxy) is 1. The molecule has 194 valence electrons. The van der Waals surface area contributed by atoms with E-state index in [1.807, 2.05) is 55.5 Å². The van der Waals surface area contributed by atoms with Crippen LogP contribution in [0.2, 0.25) is 0 Å². The molecule has 0 saturated heterocycles. The summed E-state index contributed by atoms with van der Waals surface area (Å²) in [6, 6.07) is 15.4. The number of rotatable bonds is 10. The number of anilines is 1. The van der Waals surface area contributed by atoms with Crippen LogP contribution in [0.1, 0.15) is 11.1 Å². The lowest BCUT2D eigenvalue weighted by molar-refractivity contribution is -0.137. The van der Waals surface area contributed by atoms with Gasteiger partial charge in [-0.2, -0.15) is 4.98 Å². The van der Waals surface area contributed by atoms with Crippen molar-refractivity contribution in [3.05, 3.63) is 86.6 Å². The van der Waals surface area contributed by atoms with Crippen LogP contribution < -0.4 is 21.3 Å². The van der Waals surface area contributed by atoms with E-state index in [0.717, 1.165) is 15.7 Å². The molecule has 11 heteroatoms. The van der Waals surface area contributed by atoms with E-state index in [-0.39, 0.29) is 36.7 Å². The average molecular weight is 508 g/mol. The van der Waals surface area contributed by atoms with E-state index in [2.05, 4.69) is 10.3 Å². The van der Waals surface area contributed by atoms with Crippen molar-refractivity contribution in [3.63, 3.8) is 0 Å². The quantitative estimate of drug-likeness (QED) is 0.292. The topological polar surface area (TPSA) is 141 Å². The Bertz CT molecular complexity index is 1540. The Labute approximate surface area is 212 Å². The molecule has 0 fully saturated rings. The molecule has 0 aliphatic heterocycles. The van der Waals surface area contributed by atoms with Crippen molar-refractivity contribution in [2.24, 2.45) is 14.1 Å². The molecule has 0 saturated carbocycles. The van der Waals surface area contributed by atoms with Crippen LogP contribution in [0, 0.1) is 6.92 Å². The van der Waals surface area contributed by atoms with Gasteiger partial charge in [0, 0.05) is 20.5 Å². The zero-order valence-electron chi connectivity index (χ0n) is 20.8. The monoisotopic (exact) mass is 507 g/mol. The summed E-state index contributed by atoms with van der Waals surface area (Å²) in [6.45, 7) is 1.71. The molecular weight excluding hydrogens is 478 g/mol. The minimum Gasteiger partial charge on any atom is -0.491 e. The van der Waals surface area contributed by atoms with Crippen LogP contribution in [0.25, 0.3) is 11.2 Å². The number of aliphatic hydroxyl groups is 1. The molecule has 11 nitrogen and oxygen atoms in total. The van der Waals surface area contributed by atoms with Crippen LogP contribution in [-0.4, -0.2) is 53.6 Å². The van der Waals surface area contributed by atoms with Gasteiger partial charge in [0.25, 0.3) is 5.56 Å². The molecule has 2 atom stereocenters. The second kappa shape index (κ2) is 10.7. The fraction of sp³-hybridized carbons (Fsp3) is 0.308. The summed E-state index contributed by atoms with van der Waals surface area (Å²) in [5, 5.41) is 23.6. The molecule has 2 aromatic heterocycles. The molecule has 0 aliphatic rings. The average Bonchev–Trinajstić information content (AvgIpc) is 3.23. The summed E-state index contributed by atoms with van der Waals surface area (Å²) in [5.74, 6) is -0.487. The molecule has 0 spiro atoms. The highest BCUT2D eigenvalue weighted by Crippen LogP contribution is 2.19. The molecule has 0 aliphatic carbocycles. The normalized spacial score (nSPS) is 12.9. The molecular formula is C26H29N5O6. The number of imidazole rings is 1. The Morgan fingerprint density at radius 3 is 2.49 bits per heavy atom. The Morgan fingerprint density at radius 1 is 1.08 bits per heavy atom. The van der Waals surface area contributed by atoms with Crippen molar-refractivity contribution in [1.29, 1.82) is 0 Å². The molecule has 0 bridgehead atoms. The minimum absolute atomic E-state index is 0.0474. The Kier molecular flexibility index (Phi) is 7.44. The lowest BCUT2D eigenvalue weighted by atomic mass is 10.1. The zero-order chi connectivity index (χ0) is 26.7. The van der Waals surface area contributed by atoms with Crippen LogP contribution in [0.3, 0.4) is 0 Å². The summed E-state index contributed by atoms with van der Waals surface area (Å²) in [6.07, 6.45) is -0.923. The van der Waals surface area contributed by atoms with Crippen molar-refractivity contribution in [1.82, 2.24) is 18.7 Å². The van der Waals surface area contributed by atoms with Crippen LogP contribution in [0.4, 0.5) is 5.95 Å². The largest absolute Gasteiger partial charge is 0.491 e. The minimum atomic E-state index is -1.12. The van der Waals surface area contributed by atoms with E-state index in [1.165, 1.54) is 23.2 Å². The Morgan fingerprint density at radius 2 is 1.81 bits per heavy atom. The number of aromatic nitrogens is 4. The molecule has 2 aromatic carbocycles. The molecule has 3 N–H and O–H groups in total. The SMILES string of the molecule is Cc1cccc(OC[C@@H](O)Cn2c(N[C@@H](Cc3ccccc3)C(=O)O)nc3c2c(=O)n(C)c(=O)n3C)c1. The number of aryl methyl sites for hydroxylation is 2. The number of fused-ring (bicyclic) bond motifs is 1. The van der Waals surface area contributed by atoms with Crippen molar-refractivity contribution < 1.29 is 19.7 Å². The number of benzene rings is 2. The highest BCUT2D eigenvalue weighted by molar-refractivity contribution is 5.79. The first kappa shape index (κ1) is 25.7. The number of nitrogens with zero attached hydrogens (tertiary/aromatic N) is 4. The van der Waals surface area contributed by atoms with E-state index >= 15 is 0 Å². The maximum absolute atomic E-state index is 13.1. The summed E-state index contributed by atoms with van der Waals surface area (Å²) in [7, 11) is 2.82. The van der Waals surface area contributed by atoms with Gasteiger partial charge >= 0.3 is 11.7 Å². The second-order valence-corrected chi connectivity index (χ2v) is 8.93. The Balaban J connectivity index is 1.70. The van der Waals surface area contributed by atoms with E-state index in [4.69, 9.17) is 4.74 Å². The van der Waals surface area contributed by atoms with Crippen LogP contribution in [0.15, 0.2) is 64.2 Å². The van der Waals surface area contributed by atoms with Crippen molar-refractivity contribution >= 4 is 23.1 Å². The van der Waals surface area contributed by atoms with Crippen molar-refractivity contribution in [3.8, 4) is 5.75 Å². The van der Waals surface area contributed by atoms with Gasteiger partial charge in [0.1, 0.15) is 24.5 Å². The van der Waals surface area contributed by atoms with E-state index in [1.54, 1.807) is 6.07 Å². The first-order chi connectivity index (χ1) is 17.7. The number of carbonyl (C=O) groups is 1. The molecule has 4 rings (SSSR count). The maximum Gasteiger partial charge on any atom is 0.332 e. The number of nitrogens with one attached hydrogen (secondary N) is 1. The van der Waals surface area contributed by atoms with Gasteiger partial charge in [0.15, 0.2) is 11.2 Å². The predicted molar refractivity (Wildman–Crippen MR) is 138 cm³/mol. The first-order valence-electron chi connectivity index (χ1n) is 11.7. The van der Waals surface area contributed by atoms with Gasteiger partial charge in [-0.25, -0.2) is 9.59 Å². The number of aliphatic hydroxyl groups excluding tert-OH is 1. The third-order valence-electron chi connectivity index (χ3n) is 6.06. The highest BCUT2D eigenvalue weighted by Gasteiger charge is 2.25. The van der Waals surface area contributed by atoms with Crippen LogP contribution >= 0.6 is 0 Å². The van der Waals surface area contributed by atoms with Crippen molar-refractivity contribution in [2.45, 2.75) is 32.0 Å². The molecule has 0 amide bonds. The summed E-state index contributed by atoms with van der Waals surface area (Å²) in [4.78, 5) is 42.1. The van der Waals surface area contributed by atoms with Gasteiger partial charge in [-0.3, -0.25) is 13.9 Å². The number of hydrogen-bond donors (Lipinski definition) is 3. The van der Waals surface area contributed by atoms with Crippen LogP contribution in [-0.2, 0) is 31.9 Å². The number of aliphatic carboxylic acids is 1. The van der Waals surface area contributed by atoms with Crippen LogP contribution in [0.5, 0.6) is 5.75 Å². The van der Waals surface area contributed by atoms with Gasteiger partial charge in [0.05, 0.1) is 6.54 Å². The maximum atomic E-state index is 13.1. The van der Waals surface area contributed by atoms with E-state index in [9.17, 15) is 24.6 Å². The van der Waals surface area contributed by atoms with E-state index < -0.39 is 29.4 Å². The second-order valence-electron chi connectivity index (χ2n) is 8.93. The third kappa shape index (κ3) is 5.56. The molecule has 0 radical (unpaired) electrons.